The largest absolute Gasteiger partial charge is 0.448 e. The third-order valence-electron chi connectivity index (χ3n) is 6.60. The number of ether oxygens (including phenoxy) is 1. The zero-order valence-corrected chi connectivity index (χ0v) is 24.7. The summed E-state index contributed by atoms with van der Waals surface area (Å²) in [6, 6.07) is 17.6. The number of hydrogen-bond donors (Lipinski definition) is 2. The summed E-state index contributed by atoms with van der Waals surface area (Å²) in [6.07, 6.45) is 6.48. The number of oxime groups is 1. The highest BCUT2D eigenvalue weighted by Gasteiger charge is 2.54. The molecule has 5 rings (SSSR count). The minimum Gasteiger partial charge on any atom is -0.448 e. The lowest BCUT2D eigenvalue weighted by atomic mass is 10.0. The first-order valence-electron chi connectivity index (χ1n) is 13.2. The number of hydrogen-bond acceptors (Lipinski definition) is 10. The van der Waals surface area contributed by atoms with E-state index in [-0.39, 0.29) is 28.8 Å². The van der Waals surface area contributed by atoms with Crippen LogP contribution in [0.15, 0.2) is 95.1 Å². The van der Waals surface area contributed by atoms with Crippen LogP contribution in [0.4, 0.5) is 5.13 Å². The van der Waals surface area contributed by atoms with E-state index >= 15 is 0 Å². The van der Waals surface area contributed by atoms with Gasteiger partial charge < -0.3 is 20.2 Å². The van der Waals surface area contributed by atoms with Crippen LogP contribution in [0.5, 0.6) is 0 Å². The Bertz CT molecular complexity index is 1640. The lowest BCUT2D eigenvalue weighted by Gasteiger charge is -2.49. The van der Waals surface area contributed by atoms with Crippen molar-refractivity contribution >= 4 is 58.1 Å². The summed E-state index contributed by atoms with van der Waals surface area (Å²) in [7, 11) is 0. The Morgan fingerprint density at radius 1 is 1.18 bits per heavy atom. The van der Waals surface area contributed by atoms with Crippen LogP contribution in [0.25, 0.3) is 0 Å². The van der Waals surface area contributed by atoms with Crippen LogP contribution >= 0.6 is 23.1 Å². The van der Waals surface area contributed by atoms with E-state index in [1.807, 2.05) is 60.7 Å². The number of fused-ring (bicyclic) bond motifs is 1. The van der Waals surface area contributed by atoms with Gasteiger partial charge in [-0.1, -0.05) is 84.4 Å². The van der Waals surface area contributed by atoms with Gasteiger partial charge in [0.15, 0.2) is 23.6 Å². The van der Waals surface area contributed by atoms with Gasteiger partial charge in [-0.05, 0) is 16.7 Å². The molecule has 2 N–H and O–H groups in total. The second-order valence-electron chi connectivity index (χ2n) is 9.26. The summed E-state index contributed by atoms with van der Waals surface area (Å²) >= 11 is 2.43. The van der Waals surface area contributed by atoms with Gasteiger partial charge in [0.05, 0.1) is 0 Å². The quantitative estimate of drug-likeness (QED) is 0.0594. The average Bonchev–Trinajstić information content (AvgIpc) is 3.52. The molecule has 2 atom stereocenters. The highest BCUT2D eigenvalue weighted by Crippen LogP contribution is 2.42. The van der Waals surface area contributed by atoms with Gasteiger partial charge in [0.2, 0.25) is 6.41 Å². The number of benzene rings is 2. The van der Waals surface area contributed by atoms with E-state index in [1.165, 1.54) is 28.1 Å². The van der Waals surface area contributed by atoms with Crippen LogP contribution in [0.1, 0.15) is 22.9 Å². The maximum absolute atomic E-state index is 13.8. The number of β-lactam (4-membered cyclic amide) rings is 1. The molecular formula is C31H25N5O6S2. The molecular weight excluding hydrogens is 603 g/mol. The number of terminal acetylenes is 1. The van der Waals surface area contributed by atoms with Crippen molar-refractivity contribution in [1.29, 1.82) is 0 Å². The molecule has 0 saturated carbocycles. The van der Waals surface area contributed by atoms with E-state index < -0.39 is 35.3 Å². The molecule has 44 heavy (non-hydrogen) atoms. The number of aromatic nitrogens is 1. The Morgan fingerprint density at radius 3 is 2.48 bits per heavy atom. The molecule has 1 fully saturated rings. The van der Waals surface area contributed by atoms with Crippen LogP contribution in [0, 0.1) is 12.3 Å². The Balaban J connectivity index is 1.37. The zero-order chi connectivity index (χ0) is 31.1. The molecule has 2 aromatic carbocycles. The number of nitrogens with zero attached hydrogens (tertiary/aromatic N) is 3. The molecule has 2 aliphatic rings. The minimum atomic E-state index is -0.982. The lowest BCUT2D eigenvalue weighted by molar-refractivity contribution is -0.154. The molecule has 222 valence electrons. The first kappa shape index (κ1) is 30.3. The lowest BCUT2D eigenvalue weighted by Crippen LogP contribution is -2.71. The Morgan fingerprint density at radius 2 is 1.86 bits per heavy atom. The van der Waals surface area contributed by atoms with Gasteiger partial charge in [0.1, 0.15) is 22.8 Å². The Hall–Kier alpha value is -5.19. The van der Waals surface area contributed by atoms with E-state index in [0.29, 0.717) is 17.7 Å². The number of carbonyl (C=O) groups excluding carboxylic acids is 4. The van der Waals surface area contributed by atoms with Crippen molar-refractivity contribution in [3.8, 4) is 12.3 Å². The zero-order valence-electron chi connectivity index (χ0n) is 23.0. The molecule has 3 aromatic rings. The van der Waals surface area contributed by atoms with E-state index in [2.05, 4.69) is 33.3 Å². The monoisotopic (exact) mass is 627 g/mol. The Kier molecular flexibility index (Phi) is 9.53. The van der Waals surface area contributed by atoms with Crippen LogP contribution in [-0.2, 0) is 28.8 Å². The molecule has 0 bridgehead atoms. The fourth-order valence-corrected chi connectivity index (χ4v) is 6.58. The van der Waals surface area contributed by atoms with Crippen molar-refractivity contribution < 1.29 is 28.8 Å². The third-order valence-corrected chi connectivity index (χ3v) is 8.68. The average molecular weight is 628 g/mol. The van der Waals surface area contributed by atoms with E-state index in [1.54, 1.807) is 0 Å². The third kappa shape index (κ3) is 6.26. The van der Waals surface area contributed by atoms with Gasteiger partial charge in [-0.15, -0.1) is 29.5 Å². The first-order chi connectivity index (χ1) is 21.5. The number of rotatable bonds is 12. The van der Waals surface area contributed by atoms with E-state index in [0.717, 1.165) is 22.5 Å². The Labute approximate surface area is 261 Å². The maximum Gasteiger partial charge on any atom is 0.356 e. The highest BCUT2D eigenvalue weighted by molar-refractivity contribution is 8.00. The van der Waals surface area contributed by atoms with Gasteiger partial charge in [-0.25, -0.2) is 9.78 Å². The maximum atomic E-state index is 13.8. The van der Waals surface area contributed by atoms with Crippen LogP contribution in [-0.4, -0.2) is 63.6 Å². The molecule has 11 nitrogen and oxygen atoms in total. The fraction of sp³-hybridized carbons (Fsp3) is 0.161. The van der Waals surface area contributed by atoms with Gasteiger partial charge in [-0.2, -0.15) is 0 Å². The van der Waals surface area contributed by atoms with Crippen molar-refractivity contribution in [1.82, 2.24) is 15.2 Å². The molecule has 2 aliphatic heterocycles. The number of amides is 3. The minimum absolute atomic E-state index is 0.0754. The second kappa shape index (κ2) is 13.9. The molecule has 13 heteroatoms. The summed E-state index contributed by atoms with van der Waals surface area (Å²) in [5.41, 5.74) is 2.02. The number of thioether (sulfide) groups is 1. The summed E-state index contributed by atoms with van der Waals surface area (Å²) in [5.74, 6) is 0.651. The molecule has 1 aromatic heterocycles. The summed E-state index contributed by atoms with van der Waals surface area (Å²) < 4.78 is 6.06. The van der Waals surface area contributed by atoms with Crippen LogP contribution in [0.2, 0.25) is 0 Å². The molecule has 0 radical (unpaired) electrons. The summed E-state index contributed by atoms with van der Waals surface area (Å²) in [4.78, 5) is 61.9. The number of carbonyl (C=O) groups is 4. The van der Waals surface area contributed by atoms with Gasteiger partial charge >= 0.3 is 5.97 Å². The van der Waals surface area contributed by atoms with Crippen molar-refractivity contribution in [2.45, 2.75) is 17.5 Å². The fourth-order valence-electron chi connectivity index (χ4n) is 4.58. The highest BCUT2D eigenvalue weighted by atomic mass is 32.2. The molecule has 1 unspecified atom stereocenters. The van der Waals surface area contributed by atoms with Crippen LogP contribution in [0.3, 0.4) is 0 Å². The second-order valence-corrected chi connectivity index (χ2v) is 11.2. The molecule has 3 heterocycles. The smallest absolute Gasteiger partial charge is 0.356 e. The molecule has 1 saturated heterocycles. The SMILES string of the molecule is C#CCO/N=C(\C(=O)NC1C(=O)N2C(C(=O)OC(c3ccccc3)c3ccccc3)=C(C=C)CS[C@H]12)c1csc(NC=O)n1. The molecule has 3 amide bonds. The topological polar surface area (TPSA) is 139 Å². The van der Waals surface area contributed by atoms with Crippen molar-refractivity contribution in [3.63, 3.8) is 0 Å². The molecule has 0 aliphatic carbocycles. The summed E-state index contributed by atoms with van der Waals surface area (Å²) in [6.45, 7) is 3.63. The number of esters is 1. The molecule has 0 spiro atoms. The van der Waals surface area contributed by atoms with E-state index in [9.17, 15) is 19.2 Å². The summed E-state index contributed by atoms with van der Waals surface area (Å²) in [5, 5.41) is 10.0. The van der Waals surface area contributed by atoms with E-state index in [4.69, 9.17) is 16.0 Å². The van der Waals surface area contributed by atoms with Gasteiger partial charge in [0.25, 0.3) is 11.8 Å². The normalized spacial score (nSPS) is 17.6. The van der Waals surface area contributed by atoms with Gasteiger partial charge in [0, 0.05) is 11.1 Å². The predicted molar refractivity (Wildman–Crippen MR) is 166 cm³/mol. The first-order valence-corrected chi connectivity index (χ1v) is 15.1. The number of allylic oxidation sites excluding steroid dienone is 1. The predicted octanol–water partition coefficient (Wildman–Crippen LogP) is 3.24. The number of anilines is 1. The number of thiazole rings is 1. The van der Waals surface area contributed by atoms with Crippen molar-refractivity contribution in [3.05, 3.63) is 107 Å². The standard InChI is InChI=1S/C31H25N5O6S2/c1-3-15-41-35-23(22-17-44-31(33-22)32-18-37)27(38)34-24-28(39)36-25(19(4-2)16-43-29(24)36)30(40)42-26(20-11-7-5-8-12-20)21-13-9-6-10-14-21/h1,4-14,17-18,24,26,29H,2,15-16H2,(H,34,38)(H,32,33,37)/b35-23-/t24?,29-/m1/s1. The van der Waals surface area contributed by atoms with Crippen molar-refractivity contribution in [2.24, 2.45) is 5.16 Å². The van der Waals surface area contributed by atoms with Crippen LogP contribution < -0.4 is 10.6 Å². The van der Waals surface area contributed by atoms with Gasteiger partial charge in [-0.3, -0.25) is 19.3 Å². The van der Waals surface area contributed by atoms with Crippen molar-refractivity contribution in [2.75, 3.05) is 17.7 Å². The number of nitrogens with one attached hydrogen (secondary N) is 2.